The van der Waals surface area contributed by atoms with E-state index in [-0.39, 0.29) is 11.3 Å². The number of nitro benzene ring substituents is 1. The third-order valence-corrected chi connectivity index (χ3v) is 3.57. The van der Waals surface area contributed by atoms with Crippen LogP contribution in [0.1, 0.15) is 21.5 Å². The molecule has 0 spiro atoms. The molecule has 0 aliphatic heterocycles. The number of rotatable bonds is 5. The van der Waals surface area contributed by atoms with Gasteiger partial charge in [-0.2, -0.15) is 0 Å². The number of carbonyl (C=O) groups excluding carboxylic acids is 2. The molecular formula is C17H17N3O5. The summed E-state index contributed by atoms with van der Waals surface area (Å²) in [6, 6.07) is 8.99. The fourth-order valence-electron chi connectivity index (χ4n) is 2.16. The minimum absolute atomic E-state index is 0.0724. The molecule has 0 aromatic heterocycles. The lowest BCUT2D eigenvalue weighted by Gasteiger charge is -2.10. The second-order valence-corrected chi connectivity index (χ2v) is 5.42. The van der Waals surface area contributed by atoms with Crippen molar-refractivity contribution in [3.8, 4) is 0 Å². The molecule has 0 saturated heterocycles. The van der Waals surface area contributed by atoms with Gasteiger partial charge in [-0.3, -0.25) is 14.9 Å². The van der Waals surface area contributed by atoms with Crippen LogP contribution in [0.4, 0.5) is 17.1 Å². The van der Waals surface area contributed by atoms with Gasteiger partial charge in [-0.1, -0.05) is 12.1 Å². The van der Waals surface area contributed by atoms with Gasteiger partial charge in [0.1, 0.15) is 0 Å². The number of para-hydroxylation sites is 1. The van der Waals surface area contributed by atoms with E-state index < -0.39 is 23.4 Å². The van der Waals surface area contributed by atoms with Gasteiger partial charge in [-0.15, -0.1) is 0 Å². The molecule has 2 aromatic rings. The Morgan fingerprint density at radius 3 is 2.56 bits per heavy atom. The van der Waals surface area contributed by atoms with Crippen LogP contribution in [0.25, 0.3) is 0 Å². The van der Waals surface area contributed by atoms with Crippen LogP contribution in [-0.4, -0.2) is 23.4 Å². The molecule has 0 aliphatic carbocycles. The zero-order chi connectivity index (χ0) is 18.6. The summed E-state index contributed by atoms with van der Waals surface area (Å²) in [5.74, 6) is -1.26. The number of hydrogen-bond acceptors (Lipinski definition) is 6. The zero-order valence-electron chi connectivity index (χ0n) is 13.7. The van der Waals surface area contributed by atoms with Gasteiger partial charge in [-0.25, -0.2) is 4.79 Å². The molecule has 25 heavy (non-hydrogen) atoms. The number of benzene rings is 2. The van der Waals surface area contributed by atoms with E-state index in [9.17, 15) is 19.7 Å². The summed E-state index contributed by atoms with van der Waals surface area (Å²) in [4.78, 5) is 34.1. The van der Waals surface area contributed by atoms with Crippen LogP contribution in [0.2, 0.25) is 0 Å². The summed E-state index contributed by atoms with van der Waals surface area (Å²) in [6.07, 6.45) is 0. The fraction of sp³-hybridized carbons (Fsp3) is 0.176. The lowest BCUT2D eigenvalue weighted by Crippen LogP contribution is -2.21. The predicted octanol–water partition coefficient (Wildman–Crippen LogP) is 2.59. The van der Waals surface area contributed by atoms with Crippen molar-refractivity contribution in [3.63, 3.8) is 0 Å². The fourth-order valence-corrected chi connectivity index (χ4v) is 2.16. The highest BCUT2D eigenvalue weighted by molar-refractivity contribution is 5.98. The number of esters is 1. The van der Waals surface area contributed by atoms with E-state index in [1.807, 2.05) is 0 Å². The summed E-state index contributed by atoms with van der Waals surface area (Å²) in [5.41, 5.74) is 7.91. The first-order chi connectivity index (χ1) is 11.8. The molecule has 0 radical (unpaired) electrons. The number of anilines is 2. The number of aryl methyl sites for hydroxylation is 2. The molecule has 0 saturated carbocycles. The maximum atomic E-state index is 12.0. The molecule has 8 heteroatoms. The number of ether oxygens (including phenoxy) is 1. The van der Waals surface area contributed by atoms with E-state index >= 15 is 0 Å². The number of nitrogens with one attached hydrogen (secondary N) is 1. The molecule has 0 aliphatic rings. The lowest BCUT2D eigenvalue weighted by atomic mass is 10.1. The van der Waals surface area contributed by atoms with Crippen LogP contribution in [0.3, 0.4) is 0 Å². The molecule has 0 atom stereocenters. The quantitative estimate of drug-likeness (QED) is 0.372. The largest absolute Gasteiger partial charge is 0.452 e. The Hall–Kier alpha value is -3.42. The molecule has 130 valence electrons. The van der Waals surface area contributed by atoms with Crippen LogP contribution < -0.4 is 11.1 Å². The van der Waals surface area contributed by atoms with Crippen molar-refractivity contribution in [3.05, 3.63) is 63.2 Å². The third kappa shape index (κ3) is 4.31. The van der Waals surface area contributed by atoms with Crippen molar-refractivity contribution in [2.24, 2.45) is 0 Å². The molecule has 1 amide bonds. The minimum atomic E-state index is -0.697. The highest BCUT2D eigenvalue weighted by atomic mass is 16.6. The first-order valence-electron chi connectivity index (χ1n) is 7.36. The molecule has 0 heterocycles. The van der Waals surface area contributed by atoms with E-state index in [0.29, 0.717) is 16.9 Å². The van der Waals surface area contributed by atoms with Crippen LogP contribution in [0, 0.1) is 24.0 Å². The van der Waals surface area contributed by atoms with Crippen molar-refractivity contribution in [1.82, 2.24) is 0 Å². The lowest BCUT2D eigenvalue weighted by molar-refractivity contribution is -0.384. The molecule has 8 nitrogen and oxygen atoms in total. The molecule has 0 bridgehead atoms. The Balaban J connectivity index is 1.98. The van der Waals surface area contributed by atoms with Crippen LogP contribution in [0.15, 0.2) is 36.4 Å². The minimum Gasteiger partial charge on any atom is -0.452 e. The molecule has 2 rings (SSSR count). The zero-order valence-corrected chi connectivity index (χ0v) is 13.7. The van der Waals surface area contributed by atoms with Gasteiger partial charge >= 0.3 is 5.97 Å². The number of amides is 1. The van der Waals surface area contributed by atoms with Gasteiger partial charge < -0.3 is 15.8 Å². The summed E-state index contributed by atoms with van der Waals surface area (Å²) in [7, 11) is 0. The second-order valence-electron chi connectivity index (χ2n) is 5.42. The Bertz CT molecular complexity index is 848. The highest BCUT2D eigenvalue weighted by Crippen LogP contribution is 2.21. The van der Waals surface area contributed by atoms with Gasteiger partial charge in [0.2, 0.25) is 0 Å². The Morgan fingerprint density at radius 1 is 1.20 bits per heavy atom. The molecule has 3 N–H and O–H groups in total. The standard InChI is InChI=1S/C17H17N3O5/c1-10-4-3-5-13(16(10)18)17(22)25-9-15(21)19-14-7-6-12(20(23)24)8-11(14)2/h3-8H,9,18H2,1-2H3,(H,19,21). The molecule has 2 aromatic carbocycles. The van der Waals surface area contributed by atoms with E-state index in [2.05, 4.69) is 5.32 Å². The second kappa shape index (κ2) is 7.43. The highest BCUT2D eigenvalue weighted by Gasteiger charge is 2.15. The average Bonchev–Trinajstić information content (AvgIpc) is 2.56. The molecule has 0 unspecified atom stereocenters. The van der Waals surface area contributed by atoms with Gasteiger partial charge in [0.25, 0.3) is 11.6 Å². The number of nitrogens with zero attached hydrogens (tertiary/aromatic N) is 1. The topological polar surface area (TPSA) is 125 Å². The van der Waals surface area contributed by atoms with Crippen molar-refractivity contribution in [2.75, 3.05) is 17.7 Å². The number of nitrogens with two attached hydrogens (primary N) is 1. The van der Waals surface area contributed by atoms with Crippen LogP contribution >= 0.6 is 0 Å². The monoisotopic (exact) mass is 343 g/mol. The van der Waals surface area contributed by atoms with E-state index in [0.717, 1.165) is 5.56 Å². The summed E-state index contributed by atoms with van der Waals surface area (Å²) >= 11 is 0. The van der Waals surface area contributed by atoms with Crippen molar-refractivity contribution in [2.45, 2.75) is 13.8 Å². The van der Waals surface area contributed by atoms with E-state index in [1.165, 1.54) is 24.3 Å². The summed E-state index contributed by atoms with van der Waals surface area (Å²) in [6.45, 7) is 2.89. The average molecular weight is 343 g/mol. The Labute approximate surface area is 143 Å². The first kappa shape index (κ1) is 17.9. The van der Waals surface area contributed by atoms with Crippen molar-refractivity contribution in [1.29, 1.82) is 0 Å². The van der Waals surface area contributed by atoms with E-state index in [1.54, 1.807) is 26.0 Å². The summed E-state index contributed by atoms with van der Waals surface area (Å²) < 4.78 is 4.96. The Kier molecular flexibility index (Phi) is 5.33. The number of nitrogen functional groups attached to an aromatic ring is 1. The van der Waals surface area contributed by atoms with Gasteiger partial charge in [0, 0.05) is 23.5 Å². The maximum absolute atomic E-state index is 12.0. The summed E-state index contributed by atoms with van der Waals surface area (Å²) in [5, 5.41) is 13.2. The number of hydrogen-bond donors (Lipinski definition) is 2. The van der Waals surface area contributed by atoms with Gasteiger partial charge in [-0.05, 0) is 37.1 Å². The third-order valence-electron chi connectivity index (χ3n) is 3.57. The maximum Gasteiger partial charge on any atom is 0.340 e. The van der Waals surface area contributed by atoms with E-state index in [4.69, 9.17) is 10.5 Å². The molecular weight excluding hydrogens is 326 g/mol. The molecule has 0 fully saturated rings. The van der Waals surface area contributed by atoms with Crippen LogP contribution in [0.5, 0.6) is 0 Å². The number of carbonyl (C=O) groups is 2. The van der Waals surface area contributed by atoms with Gasteiger partial charge in [0.05, 0.1) is 10.5 Å². The smallest absolute Gasteiger partial charge is 0.340 e. The first-order valence-corrected chi connectivity index (χ1v) is 7.36. The number of nitro groups is 1. The Morgan fingerprint density at radius 2 is 1.92 bits per heavy atom. The van der Waals surface area contributed by atoms with Crippen molar-refractivity contribution >= 4 is 28.9 Å². The van der Waals surface area contributed by atoms with Crippen molar-refractivity contribution < 1.29 is 19.2 Å². The van der Waals surface area contributed by atoms with Crippen LogP contribution in [-0.2, 0) is 9.53 Å². The number of non-ortho nitro benzene ring substituents is 1. The SMILES string of the molecule is Cc1cc([N+](=O)[O-])ccc1NC(=O)COC(=O)c1cccc(C)c1N. The normalized spacial score (nSPS) is 10.2. The predicted molar refractivity (Wildman–Crippen MR) is 92.3 cm³/mol. The van der Waals surface area contributed by atoms with Gasteiger partial charge in [0.15, 0.2) is 6.61 Å².